The summed E-state index contributed by atoms with van der Waals surface area (Å²) < 4.78 is 1.66. The lowest BCUT2D eigenvalue weighted by Crippen LogP contribution is -2.14. The molecule has 100 valence electrons. The lowest BCUT2D eigenvalue weighted by atomic mass is 10.4. The van der Waals surface area contributed by atoms with Crippen LogP contribution in [0.4, 0.5) is 10.8 Å². The topological polar surface area (TPSA) is 90.1 Å². The molecule has 0 spiro atoms. The van der Waals surface area contributed by atoms with E-state index >= 15 is 0 Å². The number of aryl methyl sites for hydroxylation is 2. The Morgan fingerprint density at radius 2 is 2.32 bits per heavy atom. The van der Waals surface area contributed by atoms with Crippen LogP contribution in [-0.4, -0.2) is 20.6 Å². The second-order valence-corrected chi connectivity index (χ2v) is 4.90. The Morgan fingerprint density at radius 1 is 1.58 bits per heavy atom. The molecule has 19 heavy (non-hydrogen) atoms. The van der Waals surface area contributed by atoms with E-state index in [4.69, 9.17) is 0 Å². The molecule has 2 aromatic rings. The number of aromatic nitrogens is 2. The average molecular weight is 280 g/mol. The van der Waals surface area contributed by atoms with Crippen LogP contribution >= 0.6 is 11.3 Å². The molecule has 2 heterocycles. The van der Waals surface area contributed by atoms with Gasteiger partial charge in [-0.05, 0) is 19.9 Å². The number of rotatable bonds is 4. The van der Waals surface area contributed by atoms with Crippen molar-refractivity contribution >= 4 is 28.1 Å². The molecule has 0 aliphatic carbocycles. The summed E-state index contributed by atoms with van der Waals surface area (Å²) in [6.07, 6.45) is 0. The van der Waals surface area contributed by atoms with Crippen LogP contribution in [0.2, 0.25) is 0 Å². The number of hydrogen-bond acceptors (Lipinski definition) is 5. The van der Waals surface area contributed by atoms with Crippen LogP contribution < -0.4 is 5.32 Å². The highest BCUT2D eigenvalue weighted by atomic mass is 32.1. The minimum atomic E-state index is -0.512. The number of thiophene rings is 1. The summed E-state index contributed by atoms with van der Waals surface area (Å²) in [5.74, 6) is 0.216. The van der Waals surface area contributed by atoms with Gasteiger partial charge in [-0.3, -0.25) is 14.9 Å². The number of carbonyl (C=O) groups excluding carboxylic acids is 1. The number of nitrogens with zero attached hydrogens (tertiary/aromatic N) is 3. The first-order valence-corrected chi connectivity index (χ1v) is 6.43. The Balaban J connectivity index is 2.18. The minimum Gasteiger partial charge on any atom is -0.306 e. The molecule has 1 N–H and O–H groups in total. The Hall–Kier alpha value is -2.22. The minimum absolute atomic E-state index is 0.0506. The summed E-state index contributed by atoms with van der Waals surface area (Å²) in [4.78, 5) is 22.3. The summed E-state index contributed by atoms with van der Waals surface area (Å²) in [6.45, 7) is 4.38. The molecule has 0 bridgehead atoms. The first kappa shape index (κ1) is 13.2. The zero-order valence-corrected chi connectivity index (χ0v) is 11.2. The van der Waals surface area contributed by atoms with Gasteiger partial charge in [0.15, 0.2) is 0 Å². The molecule has 0 saturated carbocycles. The van der Waals surface area contributed by atoms with E-state index in [0.717, 1.165) is 17.0 Å². The number of nitrogens with one attached hydrogen (secondary N) is 1. The van der Waals surface area contributed by atoms with Crippen molar-refractivity contribution < 1.29 is 9.72 Å². The van der Waals surface area contributed by atoms with E-state index in [0.29, 0.717) is 17.2 Å². The smallest absolute Gasteiger partial charge is 0.306 e. The number of hydrogen-bond donors (Lipinski definition) is 1. The molecule has 1 amide bonds. The third-order valence-electron chi connectivity index (χ3n) is 2.44. The Morgan fingerprint density at radius 3 is 2.89 bits per heavy atom. The van der Waals surface area contributed by atoms with Gasteiger partial charge in [-0.2, -0.15) is 5.10 Å². The van der Waals surface area contributed by atoms with Crippen LogP contribution in [0.15, 0.2) is 18.2 Å². The molecule has 0 aliphatic heterocycles. The fraction of sp³-hybridized carbons (Fsp3) is 0.273. The summed E-state index contributed by atoms with van der Waals surface area (Å²) >= 11 is 0.848. The van der Waals surface area contributed by atoms with Gasteiger partial charge in [0.05, 0.1) is 15.5 Å². The van der Waals surface area contributed by atoms with E-state index < -0.39 is 4.92 Å². The molecule has 0 aromatic carbocycles. The molecule has 0 radical (unpaired) electrons. The molecular formula is C11H12N4O3S. The number of nitro groups is 1. The third-order valence-corrected chi connectivity index (χ3v) is 3.47. The van der Waals surface area contributed by atoms with Gasteiger partial charge < -0.3 is 5.32 Å². The first-order valence-electron chi connectivity index (χ1n) is 5.61. The molecular weight excluding hydrogens is 268 g/mol. The van der Waals surface area contributed by atoms with E-state index in [9.17, 15) is 14.9 Å². The van der Waals surface area contributed by atoms with Crippen molar-refractivity contribution in [3.8, 4) is 0 Å². The quantitative estimate of drug-likeness (QED) is 0.688. The van der Waals surface area contributed by atoms with Gasteiger partial charge in [0.25, 0.3) is 5.91 Å². The van der Waals surface area contributed by atoms with Crippen LogP contribution in [-0.2, 0) is 6.54 Å². The molecule has 2 aromatic heterocycles. The van der Waals surface area contributed by atoms with Crippen molar-refractivity contribution in [1.82, 2.24) is 9.78 Å². The van der Waals surface area contributed by atoms with Crippen LogP contribution in [0, 0.1) is 17.0 Å². The normalized spacial score (nSPS) is 10.4. The maximum atomic E-state index is 12.0. The fourth-order valence-corrected chi connectivity index (χ4v) is 2.33. The van der Waals surface area contributed by atoms with Crippen LogP contribution in [0.3, 0.4) is 0 Å². The average Bonchev–Trinajstić information content (AvgIpc) is 2.95. The van der Waals surface area contributed by atoms with E-state index in [-0.39, 0.29) is 10.9 Å². The summed E-state index contributed by atoms with van der Waals surface area (Å²) in [7, 11) is 0. The van der Waals surface area contributed by atoms with Gasteiger partial charge >= 0.3 is 5.00 Å². The second-order valence-electron chi connectivity index (χ2n) is 3.84. The SMILES string of the molecule is CCn1nc(C)cc1NC(=O)c1ccc([N+](=O)[O-])s1. The highest BCUT2D eigenvalue weighted by Crippen LogP contribution is 2.24. The van der Waals surface area contributed by atoms with Crippen molar-refractivity contribution in [3.05, 3.63) is 38.9 Å². The van der Waals surface area contributed by atoms with Crippen LogP contribution in [0.5, 0.6) is 0 Å². The standard InChI is InChI=1S/C11H12N4O3S/c1-3-14-9(6-7(2)13-14)12-11(16)8-4-5-10(19-8)15(17)18/h4-6H,3H2,1-2H3,(H,12,16). The molecule has 0 aliphatic rings. The molecule has 0 unspecified atom stereocenters. The predicted molar refractivity (Wildman–Crippen MR) is 71.6 cm³/mol. The first-order chi connectivity index (χ1) is 9.01. The Bertz CT molecular complexity index is 632. The maximum absolute atomic E-state index is 12.0. The van der Waals surface area contributed by atoms with Crippen LogP contribution in [0.25, 0.3) is 0 Å². The Labute approximate surface area is 113 Å². The van der Waals surface area contributed by atoms with Gasteiger partial charge in [0.2, 0.25) is 0 Å². The van der Waals surface area contributed by atoms with Crippen molar-refractivity contribution in [1.29, 1.82) is 0 Å². The fourth-order valence-electron chi connectivity index (χ4n) is 1.61. The molecule has 2 rings (SSSR count). The predicted octanol–water partition coefficient (Wildman–Crippen LogP) is 2.43. The monoisotopic (exact) mass is 280 g/mol. The van der Waals surface area contributed by atoms with E-state index in [1.54, 1.807) is 10.7 Å². The van der Waals surface area contributed by atoms with Crippen molar-refractivity contribution in [2.24, 2.45) is 0 Å². The molecule has 0 atom stereocenters. The lowest BCUT2D eigenvalue weighted by molar-refractivity contribution is -0.380. The molecule has 7 nitrogen and oxygen atoms in total. The summed E-state index contributed by atoms with van der Waals surface area (Å²) in [5.41, 5.74) is 0.800. The van der Waals surface area contributed by atoms with E-state index in [1.807, 2.05) is 13.8 Å². The second kappa shape index (κ2) is 5.19. The van der Waals surface area contributed by atoms with Crippen LogP contribution in [0.1, 0.15) is 22.3 Å². The lowest BCUT2D eigenvalue weighted by Gasteiger charge is -2.04. The van der Waals surface area contributed by atoms with Gasteiger partial charge in [-0.1, -0.05) is 11.3 Å². The number of amides is 1. The molecule has 0 saturated heterocycles. The maximum Gasteiger partial charge on any atom is 0.324 e. The molecule has 0 fully saturated rings. The third kappa shape index (κ3) is 2.79. The summed E-state index contributed by atoms with van der Waals surface area (Å²) in [6, 6.07) is 4.52. The Kier molecular flexibility index (Phi) is 3.61. The van der Waals surface area contributed by atoms with Crippen molar-refractivity contribution in [3.63, 3.8) is 0 Å². The van der Waals surface area contributed by atoms with E-state index in [1.165, 1.54) is 12.1 Å². The zero-order valence-electron chi connectivity index (χ0n) is 10.4. The van der Waals surface area contributed by atoms with Gasteiger partial charge in [0.1, 0.15) is 5.82 Å². The zero-order chi connectivity index (χ0) is 14.0. The van der Waals surface area contributed by atoms with E-state index in [2.05, 4.69) is 10.4 Å². The van der Waals surface area contributed by atoms with Crippen molar-refractivity contribution in [2.75, 3.05) is 5.32 Å². The van der Waals surface area contributed by atoms with Gasteiger partial charge in [0, 0.05) is 18.7 Å². The van der Waals surface area contributed by atoms with Gasteiger partial charge in [-0.15, -0.1) is 0 Å². The van der Waals surface area contributed by atoms with Gasteiger partial charge in [-0.25, -0.2) is 4.68 Å². The van der Waals surface area contributed by atoms with Crippen molar-refractivity contribution in [2.45, 2.75) is 20.4 Å². The summed E-state index contributed by atoms with van der Waals surface area (Å²) in [5, 5.41) is 17.4. The number of anilines is 1. The highest BCUT2D eigenvalue weighted by Gasteiger charge is 2.16. The molecule has 8 heteroatoms. The largest absolute Gasteiger partial charge is 0.324 e. The highest BCUT2D eigenvalue weighted by molar-refractivity contribution is 7.17. The number of carbonyl (C=O) groups is 1.